The van der Waals surface area contributed by atoms with Crippen molar-refractivity contribution in [3.05, 3.63) is 0 Å². The van der Waals surface area contributed by atoms with Crippen molar-refractivity contribution >= 4 is 5.91 Å². The Balaban J connectivity index is 2.49. The highest BCUT2D eigenvalue weighted by molar-refractivity contribution is 5.82. The first-order chi connectivity index (χ1) is 6.79. The van der Waals surface area contributed by atoms with Gasteiger partial charge < -0.3 is 10.2 Å². The minimum absolute atomic E-state index is 0.00917. The van der Waals surface area contributed by atoms with Crippen molar-refractivity contribution in [2.24, 2.45) is 0 Å². The van der Waals surface area contributed by atoms with Gasteiger partial charge in [0.15, 0.2) is 0 Å². The highest BCUT2D eigenvalue weighted by Crippen LogP contribution is 2.08. The van der Waals surface area contributed by atoms with Gasteiger partial charge >= 0.3 is 0 Å². The lowest BCUT2D eigenvalue weighted by Crippen LogP contribution is -2.44. The van der Waals surface area contributed by atoms with E-state index in [9.17, 15) is 4.79 Å². The van der Waals surface area contributed by atoms with Gasteiger partial charge in [-0.15, -0.1) is 6.42 Å². The van der Waals surface area contributed by atoms with Crippen LogP contribution in [0.25, 0.3) is 0 Å². The number of nitrogens with zero attached hydrogens (tertiary/aromatic N) is 1. The molecule has 1 amide bonds. The summed E-state index contributed by atoms with van der Waals surface area (Å²) in [5.41, 5.74) is 0. The van der Waals surface area contributed by atoms with Gasteiger partial charge in [-0.05, 0) is 25.8 Å². The molecule has 3 nitrogen and oxygen atoms in total. The van der Waals surface area contributed by atoms with E-state index in [0.717, 1.165) is 32.4 Å². The fourth-order valence-corrected chi connectivity index (χ4v) is 1.76. The molecule has 0 bridgehead atoms. The molecule has 0 spiro atoms. The number of terminal acetylenes is 1. The van der Waals surface area contributed by atoms with Gasteiger partial charge in [-0.2, -0.15) is 0 Å². The maximum atomic E-state index is 11.9. The van der Waals surface area contributed by atoms with E-state index in [1.165, 1.54) is 0 Å². The van der Waals surface area contributed by atoms with Crippen molar-refractivity contribution in [1.29, 1.82) is 0 Å². The molecule has 0 aromatic heterocycles. The smallest absolute Gasteiger partial charge is 0.240 e. The van der Waals surface area contributed by atoms with Crippen molar-refractivity contribution < 1.29 is 4.79 Å². The summed E-state index contributed by atoms with van der Waals surface area (Å²) in [7, 11) is 0. The van der Waals surface area contributed by atoms with Gasteiger partial charge in [-0.1, -0.05) is 12.8 Å². The summed E-state index contributed by atoms with van der Waals surface area (Å²) in [6.07, 6.45) is 8.23. The van der Waals surface area contributed by atoms with Crippen LogP contribution >= 0.6 is 0 Å². The zero-order valence-electron chi connectivity index (χ0n) is 8.75. The highest BCUT2D eigenvalue weighted by Gasteiger charge is 2.25. The Labute approximate surface area is 85.9 Å². The fourth-order valence-electron chi connectivity index (χ4n) is 1.76. The fraction of sp³-hybridized carbons (Fsp3) is 0.727. The summed E-state index contributed by atoms with van der Waals surface area (Å²) in [6.45, 7) is 4.21. The van der Waals surface area contributed by atoms with Gasteiger partial charge in [0, 0.05) is 6.54 Å². The third kappa shape index (κ3) is 2.74. The standard InChI is InChI=1S/C11H18N2O/c1-3-8-13(9-4-2)11(14)10-6-5-7-12-10/h1,10,12H,4-9H2,2H3. The minimum Gasteiger partial charge on any atom is -0.330 e. The van der Waals surface area contributed by atoms with Crippen molar-refractivity contribution in [1.82, 2.24) is 10.2 Å². The normalized spacial score (nSPS) is 20.4. The zero-order valence-corrected chi connectivity index (χ0v) is 8.75. The third-order valence-electron chi connectivity index (χ3n) is 2.45. The Kier molecular flexibility index (Phi) is 4.48. The minimum atomic E-state index is 0.00917. The van der Waals surface area contributed by atoms with E-state index in [-0.39, 0.29) is 11.9 Å². The SMILES string of the molecule is C#CCN(CCC)C(=O)C1CCCN1. The van der Waals surface area contributed by atoms with E-state index < -0.39 is 0 Å². The Bertz CT molecular complexity index is 226. The molecule has 0 aromatic rings. The summed E-state index contributed by atoms with van der Waals surface area (Å²) >= 11 is 0. The number of amides is 1. The first kappa shape index (κ1) is 11.1. The van der Waals surface area contributed by atoms with Crippen molar-refractivity contribution in [3.63, 3.8) is 0 Å². The van der Waals surface area contributed by atoms with Crippen LogP contribution in [0.5, 0.6) is 0 Å². The second kappa shape index (κ2) is 5.66. The summed E-state index contributed by atoms with van der Waals surface area (Å²) in [4.78, 5) is 13.7. The number of hydrogen-bond donors (Lipinski definition) is 1. The van der Waals surface area contributed by atoms with Crippen LogP contribution in [0.1, 0.15) is 26.2 Å². The molecule has 0 aromatic carbocycles. The Hall–Kier alpha value is -1.01. The number of nitrogens with one attached hydrogen (secondary N) is 1. The van der Waals surface area contributed by atoms with Gasteiger partial charge in [0.25, 0.3) is 0 Å². The van der Waals surface area contributed by atoms with Crippen LogP contribution in [0.2, 0.25) is 0 Å². The number of rotatable bonds is 4. The molecular weight excluding hydrogens is 176 g/mol. The van der Waals surface area contributed by atoms with Gasteiger partial charge in [0.05, 0.1) is 12.6 Å². The van der Waals surface area contributed by atoms with Crippen molar-refractivity contribution in [2.75, 3.05) is 19.6 Å². The van der Waals surface area contributed by atoms with Crippen LogP contribution < -0.4 is 5.32 Å². The second-order valence-electron chi connectivity index (χ2n) is 3.61. The first-order valence-corrected chi connectivity index (χ1v) is 5.25. The molecule has 1 fully saturated rings. The highest BCUT2D eigenvalue weighted by atomic mass is 16.2. The van der Waals surface area contributed by atoms with E-state index >= 15 is 0 Å². The summed E-state index contributed by atoms with van der Waals surface area (Å²) in [6, 6.07) is 0.00917. The van der Waals surface area contributed by atoms with E-state index in [1.54, 1.807) is 4.90 Å². The molecule has 0 aliphatic carbocycles. The molecule has 1 unspecified atom stereocenters. The molecule has 1 heterocycles. The quantitative estimate of drug-likeness (QED) is 0.665. The summed E-state index contributed by atoms with van der Waals surface area (Å²) < 4.78 is 0. The Morgan fingerprint density at radius 1 is 1.71 bits per heavy atom. The molecule has 1 rings (SSSR count). The summed E-state index contributed by atoms with van der Waals surface area (Å²) in [5.74, 6) is 2.70. The van der Waals surface area contributed by atoms with Crippen LogP contribution in [0.4, 0.5) is 0 Å². The van der Waals surface area contributed by atoms with Gasteiger partial charge in [0.2, 0.25) is 5.91 Å². The lowest BCUT2D eigenvalue weighted by molar-refractivity contribution is -0.132. The average molecular weight is 194 g/mol. The third-order valence-corrected chi connectivity index (χ3v) is 2.45. The molecule has 78 valence electrons. The number of hydrogen-bond acceptors (Lipinski definition) is 2. The molecule has 1 atom stereocenters. The molecule has 1 aliphatic heterocycles. The second-order valence-corrected chi connectivity index (χ2v) is 3.61. The van der Waals surface area contributed by atoms with E-state index in [1.807, 2.05) is 0 Å². The van der Waals surface area contributed by atoms with Crippen molar-refractivity contribution in [3.8, 4) is 12.3 Å². The molecule has 14 heavy (non-hydrogen) atoms. The van der Waals surface area contributed by atoms with Crippen LogP contribution in [-0.2, 0) is 4.79 Å². The average Bonchev–Trinajstić information content (AvgIpc) is 2.69. The monoisotopic (exact) mass is 194 g/mol. The molecular formula is C11H18N2O. The van der Waals surface area contributed by atoms with Crippen LogP contribution in [0.3, 0.4) is 0 Å². The lowest BCUT2D eigenvalue weighted by atomic mass is 10.2. The predicted octanol–water partition coefficient (Wildman–Crippen LogP) is 0.610. The molecule has 0 radical (unpaired) electrons. The van der Waals surface area contributed by atoms with Gasteiger partial charge in [-0.3, -0.25) is 4.79 Å². The maximum Gasteiger partial charge on any atom is 0.240 e. The van der Waals surface area contributed by atoms with E-state index in [0.29, 0.717) is 6.54 Å². The molecule has 1 N–H and O–H groups in total. The number of carbonyl (C=O) groups is 1. The van der Waals surface area contributed by atoms with Crippen LogP contribution in [0, 0.1) is 12.3 Å². The molecule has 3 heteroatoms. The van der Waals surface area contributed by atoms with Gasteiger partial charge in [0.1, 0.15) is 0 Å². The van der Waals surface area contributed by atoms with Crippen molar-refractivity contribution in [2.45, 2.75) is 32.2 Å². The molecule has 1 saturated heterocycles. The number of carbonyl (C=O) groups excluding carboxylic acids is 1. The van der Waals surface area contributed by atoms with Crippen LogP contribution in [0.15, 0.2) is 0 Å². The van der Waals surface area contributed by atoms with Crippen LogP contribution in [-0.4, -0.2) is 36.5 Å². The van der Waals surface area contributed by atoms with E-state index in [2.05, 4.69) is 18.2 Å². The Morgan fingerprint density at radius 3 is 3.00 bits per heavy atom. The zero-order chi connectivity index (χ0) is 10.4. The Morgan fingerprint density at radius 2 is 2.50 bits per heavy atom. The largest absolute Gasteiger partial charge is 0.330 e. The maximum absolute atomic E-state index is 11.9. The van der Waals surface area contributed by atoms with E-state index in [4.69, 9.17) is 6.42 Å². The predicted molar refractivity (Wildman–Crippen MR) is 56.7 cm³/mol. The lowest BCUT2D eigenvalue weighted by Gasteiger charge is -2.23. The first-order valence-electron chi connectivity index (χ1n) is 5.25. The molecule has 0 saturated carbocycles. The topological polar surface area (TPSA) is 32.3 Å². The molecule has 1 aliphatic rings. The summed E-state index contributed by atoms with van der Waals surface area (Å²) in [5, 5.41) is 3.19. The van der Waals surface area contributed by atoms with Gasteiger partial charge in [-0.25, -0.2) is 0 Å².